The molecule has 0 amide bonds. The van der Waals surface area contributed by atoms with E-state index < -0.39 is 0 Å². The van der Waals surface area contributed by atoms with Gasteiger partial charge in [0.1, 0.15) is 0 Å². The van der Waals surface area contributed by atoms with Gasteiger partial charge in [0.15, 0.2) is 6.23 Å². The van der Waals surface area contributed by atoms with Crippen molar-refractivity contribution >= 4 is 22.6 Å². The Hall–Kier alpha value is 0.650. The van der Waals surface area contributed by atoms with Crippen molar-refractivity contribution in [2.24, 2.45) is 0 Å². The third kappa shape index (κ3) is 1.02. The molecule has 0 bridgehead atoms. The lowest BCUT2D eigenvalue weighted by Gasteiger charge is -1.64. The molecule has 0 aromatic carbocycles. The molecule has 1 heterocycles. The van der Waals surface area contributed by atoms with E-state index in [2.05, 4.69) is 32.9 Å². The van der Waals surface area contributed by atoms with Crippen molar-refractivity contribution in [1.29, 1.82) is 0 Å². The van der Waals surface area contributed by atoms with Crippen molar-refractivity contribution in [2.45, 2.75) is 6.23 Å². The van der Waals surface area contributed by atoms with Gasteiger partial charge in [-0.1, -0.05) is 22.6 Å². The van der Waals surface area contributed by atoms with Gasteiger partial charge in [0.05, 0.1) is 0 Å². The monoisotopic (exact) mass is 185 g/mol. The average Bonchev–Trinajstić information content (AvgIpc) is 2.12. The third-order valence-corrected chi connectivity index (χ3v) is 1.22. The second-order valence-electron chi connectivity index (χ2n) is 0.879. The number of alkyl halides is 1. The van der Waals surface area contributed by atoms with Gasteiger partial charge < -0.3 is 0 Å². The summed E-state index contributed by atoms with van der Waals surface area (Å²) < 4.78 is 1.05. The summed E-state index contributed by atoms with van der Waals surface area (Å²) in [5.74, 6) is 0. The van der Waals surface area contributed by atoms with Crippen LogP contribution < -0.4 is 5.48 Å². The molecule has 0 aromatic heterocycles. The number of hydrogen-bond donors (Lipinski definition) is 1. The van der Waals surface area contributed by atoms with Gasteiger partial charge in [0, 0.05) is 4.43 Å². The van der Waals surface area contributed by atoms with E-state index >= 15 is 0 Å². The maximum atomic E-state index is 4.60. The highest BCUT2D eigenvalue weighted by Gasteiger charge is 2.18. The summed E-state index contributed by atoms with van der Waals surface area (Å²) in [7, 11) is 0. The van der Waals surface area contributed by atoms with Crippen LogP contribution in [0, 0.1) is 0 Å². The Labute approximate surface area is 44.0 Å². The van der Waals surface area contributed by atoms with Gasteiger partial charge in [-0.05, 0) is 0 Å². The first kappa shape index (κ1) is 3.83. The number of hydroxylamine groups is 1. The SMILES string of the molecule is ICC1NO1. The maximum Gasteiger partial charge on any atom is 0.160 e. The summed E-state index contributed by atoms with van der Waals surface area (Å²) in [5, 5.41) is 0. The van der Waals surface area contributed by atoms with Crippen molar-refractivity contribution in [1.82, 2.24) is 5.48 Å². The van der Waals surface area contributed by atoms with Crippen LogP contribution in [0.3, 0.4) is 0 Å². The number of halogens is 1. The molecule has 1 saturated heterocycles. The second-order valence-corrected chi connectivity index (χ2v) is 1.76. The lowest BCUT2D eigenvalue weighted by Crippen LogP contribution is -1.86. The Kier molecular flexibility index (Phi) is 1.07. The van der Waals surface area contributed by atoms with Gasteiger partial charge in [0.25, 0.3) is 0 Å². The molecule has 1 fully saturated rings. The van der Waals surface area contributed by atoms with E-state index in [0.29, 0.717) is 6.23 Å². The normalized spacial score (nSPS) is 34.2. The van der Waals surface area contributed by atoms with Crippen molar-refractivity contribution in [3.05, 3.63) is 0 Å². The molecule has 1 aliphatic rings. The molecule has 1 atom stereocenters. The van der Waals surface area contributed by atoms with Crippen LogP contribution in [0.1, 0.15) is 0 Å². The first-order chi connectivity index (χ1) is 2.43. The van der Waals surface area contributed by atoms with Crippen LogP contribution in [0.5, 0.6) is 0 Å². The van der Waals surface area contributed by atoms with Gasteiger partial charge in [-0.2, -0.15) is 5.48 Å². The summed E-state index contributed by atoms with van der Waals surface area (Å²) >= 11 is 2.25. The van der Waals surface area contributed by atoms with Crippen LogP contribution in [0.15, 0.2) is 0 Å². The minimum atomic E-state index is 0.371. The molecule has 0 spiro atoms. The Balaban J connectivity index is 2.00. The maximum absolute atomic E-state index is 4.60. The summed E-state index contributed by atoms with van der Waals surface area (Å²) in [4.78, 5) is 4.60. The zero-order valence-electron chi connectivity index (χ0n) is 2.57. The Bertz CT molecular complexity index is 36.6. The fourth-order valence-corrected chi connectivity index (χ4v) is 0.471. The molecular weight excluding hydrogens is 181 g/mol. The molecular formula is C2H4INO. The predicted molar refractivity (Wildman–Crippen MR) is 26.9 cm³/mol. The topological polar surface area (TPSA) is 34.5 Å². The van der Waals surface area contributed by atoms with Crippen LogP contribution in [0.4, 0.5) is 0 Å². The molecule has 0 radical (unpaired) electrons. The number of rotatable bonds is 1. The zero-order chi connectivity index (χ0) is 3.70. The summed E-state index contributed by atoms with van der Waals surface area (Å²) in [6, 6.07) is 0. The second kappa shape index (κ2) is 1.40. The summed E-state index contributed by atoms with van der Waals surface area (Å²) in [5.41, 5.74) is 2.68. The lowest BCUT2D eigenvalue weighted by molar-refractivity contribution is 0.383. The van der Waals surface area contributed by atoms with Gasteiger partial charge in [-0.25, -0.2) is 0 Å². The van der Waals surface area contributed by atoms with E-state index in [9.17, 15) is 0 Å². The number of nitrogens with one attached hydrogen (secondary N) is 1. The quantitative estimate of drug-likeness (QED) is 0.361. The van der Waals surface area contributed by atoms with Crippen molar-refractivity contribution < 1.29 is 4.84 Å². The lowest BCUT2D eigenvalue weighted by atomic mass is 10.8. The Morgan fingerprint density at radius 3 is 2.60 bits per heavy atom. The molecule has 1 aliphatic heterocycles. The molecule has 0 saturated carbocycles. The molecule has 30 valence electrons. The van der Waals surface area contributed by atoms with Gasteiger partial charge in [-0.3, -0.25) is 4.84 Å². The fourth-order valence-electron chi connectivity index (χ4n) is 0.111. The minimum Gasteiger partial charge on any atom is -0.277 e. The average molecular weight is 185 g/mol. The molecule has 1 N–H and O–H groups in total. The van der Waals surface area contributed by atoms with E-state index in [-0.39, 0.29) is 0 Å². The molecule has 1 rings (SSSR count). The van der Waals surface area contributed by atoms with E-state index in [1.165, 1.54) is 0 Å². The summed E-state index contributed by atoms with van der Waals surface area (Å²) in [6.45, 7) is 0. The fraction of sp³-hybridized carbons (Fsp3) is 1.00. The van der Waals surface area contributed by atoms with E-state index in [0.717, 1.165) is 4.43 Å². The Morgan fingerprint density at radius 1 is 2.00 bits per heavy atom. The first-order valence-corrected chi connectivity index (χ1v) is 2.93. The van der Waals surface area contributed by atoms with Crippen molar-refractivity contribution in [2.75, 3.05) is 4.43 Å². The van der Waals surface area contributed by atoms with E-state index in [1.54, 1.807) is 0 Å². The van der Waals surface area contributed by atoms with Crippen LogP contribution in [0.25, 0.3) is 0 Å². The highest BCUT2D eigenvalue weighted by Crippen LogP contribution is 2.01. The molecule has 0 aliphatic carbocycles. The van der Waals surface area contributed by atoms with Crippen LogP contribution >= 0.6 is 22.6 Å². The molecule has 1 unspecified atom stereocenters. The van der Waals surface area contributed by atoms with E-state index in [4.69, 9.17) is 0 Å². The Morgan fingerprint density at radius 2 is 2.60 bits per heavy atom. The highest BCUT2D eigenvalue weighted by molar-refractivity contribution is 14.1. The van der Waals surface area contributed by atoms with Crippen molar-refractivity contribution in [3.63, 3.8) is 0 Å². The smallest absolute Gasteiger partial charge is 0.160 e. The molecule has 0 aromatic rings. The molecule has 2 nitrogen and oxygen atoms in total. The van der Waals surface area contributed by atoms with Crippen molar-refractivity contribution in [3.8, 4) is 0 Å². The van der Waals surface area contributed by atoms with Crippen LogP contribution in [-0.2, 0) is 4.84 Å². The predicted octanol–water partition coefficient (Wildman–Crippen LogP) is 0.282. The number of hydrogen-bond acceptors (Lipinski definition) is 2. The van der Waals surface area contributed by atoms with Crippen LogP contribution in [-0.4, -0.2) is 10.7 Å². The first-order valence-electron chi connectivity index (χ1n) is 1.40. The van der Waals surface area contributed by atoms with Gasteiger partial charge in [0.2, 0.25) is 0 Å². The largest absolute Gasteiger partial charge is 0.277 e. The van der Waals surface area contributed by atoms with E-state index in [1.807, 2.05) is 0 Å². The van der Waals surface area contributed by atoms with Gasteiger partial charge in [-0.15, -0.1) is 0 Å². The van der Waals surface area contributed by atoms with Gasteiger partial charge >= 0.3 is 0 Å². The third-order valence-electron chi connectivity index (χ3n) is 0.425. The minimum absolute atomic E-state index is 0.371. The molecule has 3 heteroatoms. The highest BCUT2D eigenvalue weighted by atomic mass is 127. The standard InChI is InChI=1S/C2H4INO/c3-1-2-4-5-2/h2,4H,1H2. The summed E-state index contributed by atoms with van der Waals surface area (Å²) in [6.07, 6.45) is 0.371. The zero-order valence-corrected chi connectivity index (χ0v) is 4.73. The molecule has 5 heavy (non-hydrogen) atoms. The van der Waals surface area contributed by atoms with Crippen LogP contribution in [0.2, 0.25) is 0 Å².